The van der Waals surface area contributed by atoms with E-state index in [0.29, 0.717) is 0 Å². The summed E-state index contributed by atoms with van der Waals surface area (Å²) in [5.41, 5.74) is 26.8. The molecule has 0 saturated carbocycles. The lowest BCUT2D eigenvalue weighted by molar-refractivity contribution is 0.660. The predicted molar refractivity (Wildman–Crippen MR) is 270 cm³/mol. The predicted octanol–water partition coefficient (Wildman–Crippen LogP) is 17.1. The van der Waals surface area contributed by atoms with Gasteiger partial charge in [0.15, 0.2) is 0 Å². The molecule has 0 aliphatic heterocycles. The minimum absolute atomic E-state index is 0.0994. The van der Waals surface area contributed by atoms with Crippen LogP contribution in [0, 0.1) is 0 Å². The number of benzene rings is 9. The van der Waals surface area contributed by atoms with Gasteiger partial charge < -0.3 is 4.90 Å². The van der Waals surface area contributed by atoms with Crippen LogP contribution in [0.15, 0.2) is 200 Å². The third-order valence-electron chi connectivity index (χ3n) is 15.1. The maximum atomic E-state index is 2.53. The van der Waals surface area contributed by atoms with Crippen molar-refractivity contribution in [3.8, 4) is 66.8 Å². The van der Waals surface area contributed by atoms with Crippen molar-refractivity contribution in [3.05, 3.63) is 234 Å². The van der Waals surface area contributed by atoms with Crippen molar-refractivity contribution in [1.29, 1.82) is 0 Å². The second kappa shape index (κ2) is 13.9. The monoisotopic (exact) mass is 821 g/mol. The minimum Gasteiger partial charge on any atom is -0.309 e. The molecule has 1 nitrogen and oxygen atoms in total. The molecule has 3 aliphatic rings. The van der Waals surface area contributed by atoms with Gasteiger partial charge in [-0.2, -0.15) is 0 Å². The van der Waals surface area contributed by atoms with E-state index in [2.05, 4.69) is 247 Å². The topological polar surface area (TPSA) is 3.24 Å². The summed E-state index contributed by atoms with van der Waals surface area (Å²) in [6.07, 6.45) is 0. The van der Waals surface area contributed by atoms with Gasteiger partial charge in [-0.05, 0) is 119 Å². The largest absolute Gasteiger partial charge is 0.309 e. The smallest absolute Gasteiger partial charge is 0.0543 e. The third kappa shape index (κ3) is 5.43. The first-order valence-corrected chi connectivity index (χ1v) is 22.9. The molecule has 0 heterocycles. The van der Waals surface area contributed by atoms with Crippen molar-refractivity contribution in [3.63, 3.8) is 0 Å². The van der Waals surface area contributed by atoms with E-state index in [0.717, 1.165) is 11.4 Å². The maximum Gasteiger partial charge on any atom is 0.0543 e. The summed E-state index contributed by atoms with van der Waals surface area (Å²) in [6, 6.07) is 75.1. The van der Waals surface area contributed by atoms with Gasteiger partial charge in [-0.15, -0.1) is 0 Å². The highest BCUT2D eigenvalue weighted by atomic mass is 15.1. The van der Waals surface area contributed by atoms with E-state index in [1.54, 1.807) is 0 Å². The van der Waals surface area contributed by atoms with Crippen LogP contribution in [0.2, 0.25) is 0 Å². The lowest BCUT2D eigenvalue weighted by atomic mass is 9.78. The van der Waals surface area contributed by atoms with Crippen LogP contribution in [0.4, 0.5) is 17.1 Å². The fourth-order valence-electron chi connectivity index (χ4n) is 11.9. The van der Waals surface area contributed by atoms with E-state index in [1.807, 2.05) is 0 Å². The zero-order valence-electron chi connectivity index (χ0n) is 37.5. The molecule has 0 atom stereocenters. The van der Waals surface area contributed by atoms with Crippen LogP contribution in [0.25, 0.3) is 66.8 Å². The average Bonchev–Trinajstić information content (AvgIpc) is 3.82. The highest BCUT2D eigenvalue weighted by Gasteiger charge is 2.40. The molecule has 0 N–H and O–H groups in total. The summed E-state index contributed by atoms with van der Waals surface area (Å²) in [6.45, 7) is 14.3. The molecule has 0 saturated heterocycles. The Bertz CT molecular complexity index is 3360. The molecule has 0 aromatic heterocycles. The zero-order chi connectivity index (χ0) is 43.5. The van der Waals surface area contributed by atoms with E-state index in [-0.39, 0.29) is 16.2 Å². The molecule has 0 fully saturated rings. The highest BCUT2D eigenvalue weighted by molar-refractivity contribution is 5.99. The fourth-order valence-corrected chi connectivity index (χ4v) is 11.9. The van der Waals surface area contributed by atoms with Gasteiger partial charge in [0.2, 0.25) is 0 Å². The number of anilines is 3. The highest BCUT2D eigenvalue weighted by Crippen LogP contribution is 2.57. The van der Waals surface area contributed by atoms with Crippen molar-refractivity contribution in [2.24, 2.45) is 0 Å². The molecule has 0 amide bonds. The third-order valence-corrected chi connectivity index (χ3v) is 15.1. The number of para-hydroxylation sites is 1. The Balaban J connectivity index is 1.03. The Morgan fingerprint density at radius 3 is 1.42 bits per heavy atom. The quantitative estimate of drug-likeness (QED) is 0.161. The Kier molecular flexibility index (Phi) is 8.35. The molecular formula is C63H51N. The average molecular weight is 822 g/mol. The molecule has 12 rings (SSSR count). The Morgan fingerprint density at radius 2 is 0.719 bits per heavy atom. The van der Waals surface area contributed by atoms with E-state index < -0.39 is 0 Å². The Morgan fingerprint density at radius 1 is 0.281 bits per heavy atom. The van der Waals surface area contributed by atoms with Crippen molar-refractivity contribution in [2.45, 2.75) is 57.8 Å². The van der Waals surface area contributed by atoms with E-state index in [4.69, 9.17) is 0 Å². The molecule has 64 heavy (non-hydrogen) atoms. The summed E-state index contributed by atoms with van der Waals surface area (Å²) in [5.74, 6) is 0. The maximum absolute atomic E-state index is 2.53. The second-order valence-corrected chi connectivity index (χ2v) is 19.6. The summed E-state index contributed by atoms with van der Waals surface area (Å²) < 4.78 is 0. The van der Waals surface area contributed by atoms with E-state index >= 15 is 0 Å². The first-order valence-electron chi connectivity index (χ1n) is 22.9. The Labute approximate surface area is 378 Å². The van der Waals surface area contributed by atoms with Gasteiger partial charge in [0.1, 0.15) is 0 Å². The van der Waals surface area contributed by atoms with E-state index in [1.165, 1.54) is 106 Å². The van der Waals surface area contributed by atoms with Gasteiger partial charge in [-0.25, -0.2) is 0 Å². The van der Waals surface area contributed by atoms with Gasteiger partial charge in [0, 0.05) is 33.1 Å². The first-order chi connectivity index (χ1) is 31.0. The summed E-state index contributed by atoms with van der Waals surface area (Å²) >= 11 is 0. The number of hydrogen-bond acceptors (Lipinski definition) is 1. The van der Waals surface area contributed by atoms with Crippen molar-refractivity contribution in [2.75, 3.05) is 4.90 Å². The lowest BCUT2D eigenvalue weighted by Crippen LogP contribution is -2.16. The van der Waals surface area contributed by atoms with Crippen LogP contribution < -0.4 is 4.90 Å². The van der Waals surface area contributed by atoms with Crippen LogP contribution in [-0.4, -0.2) is 0 Å². The van der Waals surface area contributed by atoms with Crippen LogP contribution in [-0.2, 0) is 16.2 Å². The van der Waals surface area contributed by atoms with Crippen molar-refractivity contribution >= 4 is 17.1 Å². The van der Waals surface area contributed by atoms with Gasteiger partial charge in [0.25, 0.3) is 0 Å². The molecule has 9 aromatic rings. The molecule has 0 bridgehead atoms. The molecule has 0 spiro atoms. The Hall–Kier alpha value is -7.22. The van der Waals surface area contributed by atoms with Gasteiger partial charge in [-0.3, -0.25) is 0 Å². The SMILES string of the molecule is CC1(C)c2ccccc2-c2ccc(-c3ccccc3N(c3ccc(-c4ccccc4-c4cccc5c4C(C)(C)c4ccccc4-5)cc3)c3cccc4c3-c3ccccc3C4(C)C)cc21. The molecule has 0 radical (unpaired) electrons. The van der Waals surface area contributed by atoms with Gasteiger partial charge in [0.05, 0.1) is 11.4 Å². The lowest BCUT2D eigenvalue weighted by Gasteiger charge is -2.31. The van der Waals surface area contributed by atoms with Crippen LogP contribution in [0.1, 0.15) is 74.9 Å². The number of rotatable bonds is 6. The molecule has 9 aromatic carbocycles. The molecule has 308 valence electrons. The van der Waals surface area contributed by atoms with E-state index in [9.17, 15) is 0 Å². The fraction of sp³-hybridized carbons (Fsp3) is 0.143. The molecule has 3 aliphatic carbocycles. The normalized spacial score (nSPS) is 15.1. The van der Waals surface area contributed by atoms with Crippen molar-refractivity contribution in [1.82, 2.24) is 0 Å². The summed E-state index contributed by atoms with van der Waals surface area (Å²) in [7, 11) is 0. The zero-order valence-corrected chi connectivity index (χ0v) is 37.5. The van der Waals surface area contributed by atoms with Gasteiger partial charge in [-0.1, -0.05) is 211 Å². The van der Waals surface area contributed by atoms with Crippen LogP contribution in [0.3, 0.4) is 0 Å². The number of fused-ring (bicyclic) bond motifs is 9. The van der Waals surface area contributed by atoms with Crippen LogP contribution >= 0.6 is 0 Å². The number of nitrogens with zero attached hydrogens (tertiary/aromatic N) is 1. The summed E-state index contributed by atoms with van der Waals surface area (Å²) in [4.78, 5) is 2.53. The van der Waals surface area contributed by atoms with Crippen LogP contribution in [0.5, 0.6) is 0 Å². The standard InChI is InChI=1S/C63H51N/c1-61(2)54-29-15-11-24-51(54)59-55(61)30-18-32-58(59)64(57-31-16-12-20-44(57)41-35-38-48-46-22-9-13-27-52(46)62(3,4)56(48)39-41)42-36-33-40(34-37-42)43-19-7-8-21-45(43)49-25-17-26-50-47-23-10-14-28-53(47)63(5,6)60(49)50/h7-39H,1-6H3. The molecule has 0 unspecified atom stereocenters. The first kappa shape index (κ1) is 38.5. The summed E-state index contributed by atoms with van der Waals surface area (Å²) in [5, 5.41) is 0. The molecular weight excluding hydrogens is 771 g/mol. The minimum atomic E-state index is -0.130. The van der Waals surface area contributed by atoms with Gasteiger partial charge >= 0.3 is 0 Å². The number of hydrogen-bond donors (Lipinski definition) is 0. The molecule has 1 heteroatoms. The second-order valence-electron chi connectivity index (χ2n) is 19.6. The van der Waals surface area contributed by atoms with Crippen molar-refractivity contribution < 1.29 is 0 Å².